The molecule has 0 bridgehead atoms. The van der Waals surface area contributed by atoms with Crippen LogP contribution < -0.4 is 9.47 Å². The van der Waals surface area contributed by atoms with Crippen molar-refractivity contribution >= 4 is 12.0 Å². The summed E-state index contributed by atoms with van der Waals surface area (Å²) in [6.07, 6.45) is 5.56. The molecule has 2 aromatic carbocycles. The fraction of sp³-hybridized carbons (Fsp3) is 0.391. The van der Waals surface area contributed by atoms with Gasteiger partial charge >= 0.3 is 0 Å². The standard InChI is InChI=1S/C23H27NO4/c1-23(17-25)16-20(24-28-23)19-12-13-21(26-2)22(15-19)27-14-8-4-7-11-18-9-5-3-6-10-18/h3,5-6,9-10,12-13,15,17H,4,7-8,11,14,16H2,1-2H3. The Morgan fingerprint density at radius 1 is 1.11 bits per heavy atom. The smallest absolute Gasteiger partial charge is 0.195 e. The normalized spacial score (nSPS) is 18.3. The highest BCUT2D eigenvalue weighted by molar-refractivity contribution is 6.03. The third-order valence-electron chi connectivity index (χ3n) is 4.84. The van der Waals surface area contributed by atoms with E-state index in [0.717, 1.165) is 43.2 Å². The van der Waals surface area contributed by atoms with Gasteiger partial charge in [-0.25, -0.2) is 0 Å². The molecule has 0 fully saturated rings. The second-order valence-electron chi connectivity index (χ2n) is 7.25. The first-order valence-corrected chi connectivity index (χ1v) is 9.70. The topological polar surface area (TPSA) is 57.1 Å². The van der Waals surface area contributed by atoms with Gasteiger partial charge in [0.25, 0.3) is 0 Å². The predicted octanol–water partition coefficient (Wildman–Crippen LogP) is 4.57. The molecule has 5 nitrogen and oxygen atoms in total. The van der Waals surface area contributed by atoms with Crippen LogP contribution in [0.3, 0.4) is 0 Å². The SMILES string of the molecule is COc1ccc(C2=NOC(C)(C=O)C2)cc1OCCCCCc1ccccc1. The number of carbonyl (C=O) groups is 1. The van der Waals surface area contributed by atoms with Crippen molar-refractivity contribution in [2.75, 3.05) is 13.7 Å². The minimum absolute atomic E-state index is 0.446. The molecule has 0 saturated carbocycles. The Bertz CT molecular complexity index is 819. The van der Waals surface area contributed by atoms with E-state index >= 15 is 0 Å². The second-order valence-corrected chi connectivity index (χ2v) is 7.25. The first-order valence-electron chi connectivity index (χ1n) is 9.70. The number of methoxy groups -OCH3 is 1. The van der Waals surface area contributed by atoms with E-state index in [0.29, 0.717) is 24.5 Å². The summed E-state index contributed by atoms with van der Waals surface area (Å²) in [5, 5.41) is 4.07. The Labute approximate surface area is 166 Å². The van der Waals surface area contributed by atoms with E-state index in [4.69, 9.17) is 14.3 Å². The van der Waals surface area contributed by atoms with Crippen molar-refractivity contribution in [3.05, 3.63) is 59.7 Å². The number of ether oxygens (including phenoxy) is 2. The fourth-order valence-corrected chi connectivity index (χ4v) is 3.18. The van der Waals surface area contributed by atoms with Crippen LogP contribution in [0.1, 0.15) is 43.7 Å². The van der Waals surface area contributed by atoms with E-state index < -0.39 is 5.60 Å². The Balaban J connectivity index is 1.51. The minimum atomic E-state index is -0.880. The summed E-state index contributed by atoms with van der Waals surface area (Å²) in [5.41, 5.74) is 2.12. The van der Waals surface area contributed by atoms with E-state index in [1.807, 2.05) is 24.3 Å². The van der Waals surface area contributed by atoms with Gasteiger partial charge in [0.2, 0.25) is 0 Å². The molecule has 148 valence electrons. The van der Waals surface area contributed by atoms with Crippen LogP contribution in [-0.2, 0) is 16.1 Å². The Morgan fingerprint density at radius 2 is 1.93 bits per heavy atom. The molecule has 1 heterocycles. The lowest BCUT2D eigenvalue weighted by molar-refractivity contribution is -0.125. The number of unbranched alkanes of at least 4 members (excludes halogenated alkanes) is 2. The van der Waals surface area contributed by atoms with Crippen LogP contribution in [0, 0.1) is 0 Å². The molecular formula is C23H27NO4. The fourth-order valence-electron chi connectivity index (χ4n) is 3.18. The van der Waals surface area contributed by atoms with Crippen LogP contribution in [0.5, 0.6) is 11.5 Å². The molecule has 3 rings (SSSR count). The Morgan fingerprint density at radius 3 is 2.64 bits per heavy atom. The van der Waals surface area contributed by atoms with Crippen LogP contribution in [0.2, 0.25) is 0 Å². The number of hydrogen-bond donors (Lipinski definition) is 0. The highest BCUT2D eigenvalue weighted by Gasteiger charge is 2.34. The summed E-state index contributed by atoms with van der Waals surface area (Å²) in [6.45, 7) is 2.36. The maximum atomic E-state index is 11.1. The molecule has 0 aromatic heterocycles. The van der Waals surface area contributed by atoms with Crippen LogP contribution in [0.4, 0.5) is 0 Å². The molecule has 0 aliphatic carbocycles. The van der Waals surface area contributed by atoms with E-state index in [1.165, 1.54) is 5.56 Å². The Hall–Kier alpha value is -2.82. The third kappa shape index (κ3) is 5.12. The molecular weight excluding hydrogens is 354 g/mol. The van der Waals surface area contributed by atoms with Crippen molar-refractivity contribution in [1.82, 2.24) is 0 Å². The third-order valence-corrected chi connectivity index (χ3v) is 4.84. The van der Waals surface area contributed by atoms with E-state index in [-0.39, 0.29) is 0 Å². The molecule has 0 N–H and O–H groups in total. The zero-order valence-electron chi connectivity index (χ0n) is 16.5. The van der Waals surface area contributed by atoms with Crippen molar-refractivity contribution in [3.63, 3.8) is 0 Å². The average molecular weight is 381 g/mol. The quantitative estimate of drug-likeness (QED) is 0.447. The van der Waals surface area contributed by atoms with Crippen molar-refractivity contribution in [2.45, 2.75) is 44.6 Å². The highest BCUT2D eigenvalue weighted by atomic mass is 16.7. The number of aryl methyl sites for hydroxylation is 1. The van der Waals surface area contributed by atoms with Gasteiger partial charge in [0.15, 0.2) is 23.4 Å². The van der Waals surface area contributed by atoms with Gasteiger partial charge in [-0.2, -0.15) is 0 Å². The molecule has 2 aromatic rings. The number of nitrogens with zero attached hydrogens (tertiary/aromatic N) is 1. The molecule has 1 atom stereocenters. The van der Waals surface area contributed by atoms with Gasteiger partial charge in [0, 0.05) is 12.0 Å². The summed E-state index contributed by atoms with van der Waals surface area (Å²) in [6, 6.07) is 16.2. The lowest BCUT2D eigenvalue weighted by atomic mass is 9.97. The largest absolute Gasteiger partial charge is 0.493 e. The van der Waals surface area contributed by atoms with Crippen LogP contribution in [0.25, 0.3) is 0 Å². The maximum absolute atomic E-state index is 11.1. The lowest BCUT2D eigenvalue weighted by Crippen LogP contribution is -2.26. The first-order chi connectivity index (χ1) is 13.6. The summed E-state index contributed by atoms with van der Waals surface area (Å²) >= 11 is 0. The number of benzene rings is 2. The molecule has 1 unspecified atom stereocenters. The van der Waals surface area contributed by atoms with E-state index in [1.54, 1.807) is 14.0 Å². The molecule has 0 radical (unpaired) electrons. The number of carbonyl (C=O) groups excluding carboxylic acids is 1. The summed E-state index contributed by atoms with van der Waals surface area (Å²) in [4.78, 5) is 16.4. The molecule has 0 saturated heterocycles. The van der Waals surface area contributed by atoms with Gasteiger partial charge in [-0.1, -0.05) is 35.5 Å². The highest BCUT2D eigenvalue weighted by Crippen LogP contribution is 2.31. The van der Waals surface area contributed by atoms with Crippen LogP contribution in [0.15, 0.2) is 53.7 Å². The molecule has 5 heteroatoms. The van der Waals surface area contributed by atoms with Gasteiger partial charge in [-0.3, -0.25) is 4.79 Å². The van der Waals surface area contributed by atoms with Gasteiger partial charge < -0.3 is 14.3 Å². The molecule has 1 aliphatic heterocycles. The zero-order valence-corrected chi connectivity index (χ0v) is 16.5. The average Bonchev–Trinajstić information content (AvgIpc) is 3.14. The summed E-state index contributed by atoms with van der Waals surface area (Å²) in [7, 11) is 1.63. The van der Waals surface area contributed by atoms with Gasteiger partial charge in [0.1, 0.15) is 0 Å². The molecule has 0 amide bonds. The van der Waals surface area contributed by atoms with Crippen molar-refractivity contribution in [1.29, 1.82) is 0 Å². The number of aldehydes is 1. The maximum Gasteiger partial charge on any atom is 0.195 e. The summed E-state index contributed by atoms with van der Waals surface area (Å²) < 4.78 is 11.4. The van der Waals surface area contributed by atoms with Crippen LogP contribution in [-0.4, -0.2) is 31.3 Å². The number of oxime groups is 1. The molecule has 1 aliphatic rings. The zero-order chi connectivity index (χ0) is 19.8. The second kappa shape index (κ2) is 9.40. The summed E-state index contributed by atoms with van der Waals surface area (Å²) in [5.74, 6) is 1.37. The van der Waals surface area contributed by atoms with Crippen molar-refractivity contribution in [2.24, 2.45) is 5.16 Å². The monoisotopic (exact) mass is 381 g/mol. The van der Waals surface area contributed by atoms with Gasteiger partial charge in [0.05, 0.1) is 19.4 Å². The van der Waals surface area contributed by atoms with Gasteiger partial charge in [-0.15, -0.1) is 0 Å². The number of hydrogen-bond acceptors (Lipinski definition) is 5. The molecule has 0 spiro atoms. The van der Waals surface area contributed by atoms with Crippen molar-refractivity contribution < 1.29 is 19.1 Å². The van der Waals surface area contributed by atoms with E-state index in [9.17, 15) is 4.79 Å². The predicted molar refractivity (Wildman–Crippen MR) is 109 cm³/mol. The Kier molecular flexibility index (Phi) is 6.69. The van der Waals surface area contributed by atoms with Gasteiger partial charge in [-0.05, 0) is 56.4 Å². The molecule has 28 heavy (non-hydrogen) atoms. The van der Waals surface area contributed by atoms with Crippen molar-refractivity contribution in [3.8, 4) is 11.5 Å². The van der Waals surface area contributed by atoms with Crippen LogP contribution >= 0.6 is 0 Å². The minimum Gasteiger partial charge on any atom is -0.493 e. The number of rotatable bonds is 10. The lowest BCUT2D eigenvalue weighted by Gasteiger charge is -2.13. The van der Waals surface area contributed by atoms with E-state index in [2.05, 4.69) is 29.4 Å². The first kappa shape index (κ1) is 19.9.